The lowest BCUT2D eigenvalue weighted by Crippen LogP contribution is -1.99. The Kier molecular flexibility index (Phi) is 2.78. The molecule has 0 aliphatic carbocycles. The zero-order valence-corrected chi connectivity index (χ0v) is 9.35. The van der Waals surface area contributed by atoms with E-state index in [1.54, 1.807) is 36.4 Å². The van der Waals surface area contributed by atoms with E-state index in [0.717, 1.165) is 11.1 Å². The summed E-state index contributed by atoms with van der Waals surface area (Å²) >= 11 is 0. The molecular weight excluding hydrogens is 212 g/mol. The van der Waals surface area contributed by atoms with Gasteiger partial charge >= 0.3 is 0 Å². The standard InChI is InChI=1S/C13H15N4/c14-10-1-3-12(16)8(6-10)5-9-7-11(15)2-4-13(9)17/h1-7H,14-17H2. The summed E-state index contributed by atoms with van der Waals surface area (Å²) in [6.45, 7) is 0. The van der Waals surface area contributed by atoms with E-state index in [4.69, 9.17) is 22.9 Å². The molecule has 0 heterocycles. The molecule has 0 fully saturated rings. The molecule has 0 aliphatic heterocycles. The molecule has 0 bridgehead atoms. The van der Waals surface area contributed by atoms with Crippen LogP contribution in [0.3, 0.4) is 0 Å². The normalized spacial score (nSPS) is 10.4. The molecule has 0 atom stereocenters. The molecule has 4 nitrogen and oxygen atoms in total. The first-order valence-electron chi connectivity index (χ1n) is 5.21. The van der Waals surface area contributed by atoms with Crippen LogP contribution in [0.15, 0.2) is 36.4 Å². The van der Waals surface area contributed by atoms with Gasteiger partial charge in [-0.1, -0.05) is 0 Å². The minimum Gasteiger partial charge on any atom is -0.399 e. The average molecular weight is 227 g/mol. The van der Waals surface area contributed by atoms with Crippen molar-refractivity contribution in [2.24, 2.45) is 0 Å². The fourth-order valence-electron chi connectivity index (χ4n) is 1.60. The van der Waals surface area contributed by atoms with Crippen LogP contribution in [0.2, 0.25) is 0 Å². The Bertz CT molecular complexity index is 500. The van der Waals surface area contributed by atoms with E-state index in [2.05, 4.69) is 0 Å². The molecule has 87 valence electrons. The van der Waals surface area contributed by atoms with Crippen LogP contribution in [0.1, 0.15) is 11.1 Å². The summed E-state index contributed by atoms with van der Waals surface area (Å²) in [5.74, 6) is 0. The largest absolute Gasteiger partial charge is 0.399 e. The summed E-state index contributed by atoms with van der Waals surface area (Å²) < 4.78 is 0. The van der Waals surface area contributed by atoms with Gasteiger partial charge in [-0.25, -0.2) is 0 Å². The van der Waals surface area contributed by atoms with Crippen molar-refractivity contribution in [3.8, 4) is 0 Å². The van der Waals surface area contributed by atoms with Gasteiger partial charge in [0, 0.05) is 29.2 Å². The van der Waals surface area contributed by atoms with E-state index >= 15 is 0 Å². The number of nitrogens with two attached hydrogens (primary N) is 4. The summed E-state index contributed by atoms with van der Waals surface area (Å²) in [5.41, 5.74) is 27.5. The van der Waals surface area contributed by atoms with Crippen LogP contribution in [-0.4, -0.2) is 0 Å². The van der Waals surface area contributed by atoms with Gasteiger partial charge in [-0.3, -0.25) is 0 Å². The van der Waals surface area contributed by atoms with Gasteiger partial charge in [-0.15, -0.1) is 0 Å². The topological polar surface area (TPSA) is 104 Å². The number of anilines is 4. The fourth-order valence-corrected chi connectivity index (χ4v) is 1.60. The molecule has 0 unspecified atom stereocenters. The van der Waals surface area contributed by atoms with Crippen molar-refractivity contribution in [3.63, 3.8) is 0 Å². The summed E-state index contributed by atoms with van der Waals surface area (Å²) in [4.78, 5) is 0. The summed E-state index contributed by atoms with van der Waals surface area (Å²) in [7, 11) is 0. The SMILES string of the molecule is Nc1ccc(N)c([CH]c2cc(N)ccc2N)c1. The van der Waals surface area contributed by atoms with Gasteiger partial charge in [0.25, 0.3) is 0 Å². The Morgan fingerprint density at radius 1 is 0.647 bits per heavy atom. The minimum atomic E-state index is 0.654. The first-order chi connectivity index (χ1) is 8.06. The second-order valence-corrected chi connectivity index (χ2v) is 3.92. The van der Waals surface area contributed by atoms with Crippen LogP contribution in [0, 0.1) is 6.42 Å². The molecule has 17 heavy (non-hydrogen) atoms. The fraction of sp³-hybridized carbons (Fsp3) is 0. The monoisotopic (exact) mass is 227 g/mol. The molecule has 0 saturated carbocycles. The Morgan fingerprint density at radius 2 is 1.06 bits per heavy atom. The van der Waals surface area contributed by atoms with E-state index in [-0.39, 0.29) is 0 Å². The lowest BCUT2D eigenvalue weighted by molar-refractivity contribution is 1.43. The Hall–Kier alpha value is -2.36. The number of hydrogen-bond donors (Lipinski definition) is 4. The molecule has 0 amide bonds. The Balaban J connectivity index is 2.37. The summed E-state index contributed by atoms with van der Waals surface area (Å²) in [5, 5.41) is 0. The quantitative estimate of drug-likeness (QED) is 0.585. The second kappa shape index (κ2) is 4.25. The van der Waals surface area contributed by atoms with Crippen molar-refractivity contribution in [3.05, 3.63) is 53.9 Å². The van der Waals surface area contributed by atoms with Crippen molar-refractivity contribution in [1.82, 2.24) is 0 Å². The second-order valence-electron chi connectivity index (χ2n) is 3.92. The van der Waals surface area contributed by atoms with E-state index in [9.17, 15) is 0 Å². The molecule has 0 aromatic heterocycles. The highest BCUT2D eigenvalue weighted by Crippen LogP contribution is 2.25. The molecule has 4 heteroatoms. The van der Waals surface area contributed by atoms with Gasteiger partial charge < -0.3 is 22.9 Å². The van der Waals surface area contributed by atoms with Gasteiger partial charge in [0.1, 0.15) is 0 Å². The maximum atomic E-state index is 5.87. The van der Waals surface area contributed by atoms with E-state index in [1.807, 2.05) is 6.42 Å². The molecule has 0 spiro atoms. The predicted octanol–water partition coefficient (Wildman–Crippen LogP) is 1.62. The average Bonchev–Trinajstić information content (AvgIpc) is 2.28. The zero-order chi connectivity index (χ0) is 12.4. The maximum Gasteiger partial charge on any atom is 0.0354 e. The predicted molar refractivity (Wildman–Crippen MR) is 73.0 cm³/mol. The molecule has 2 aromatic carbocycles. The third-order valence-corrected chi connectivity index (χ3v) is 2.53. The highest BCUT2D eigenvalue weighted by molar-refractivity contribution is 5.66. The molecule has 1 radical (unpaired) electrons. The highest BCUT2D eigenvalue weighted by atomic mass is 14.6. The summed E-state index contributed by atoms with van der Waals surface area (Å²) in [6, 6.07) is 10.7. The van der Waals surface area contributed by atoms with Gasteiger partial charge in [-0.2, -0.15) is 0 Å². The number of benzene rings is 2. The molecular formula is C13H15N4. The minimum absolute atomic E-state index is 0.654. The lowest BCUT2D eigenvalue weighted by atomic mass is 10.0. The van der Waals surface area contributed by atoms with Gasteiger partial charge in [0.05, 0.1) is 0 Å². The van der Waals surface area contributed by atoms with Crippen molar-refractivity contribution in [2.45, 2.75) is 0 Å². The van der Waals surface area contributed by atoms with Crippen molar-refractivity contribution in [2.75, 3.05) is 22.9 Å². The van der Waals surface area contributed by atoms with Crippen LogP contribution < -0.4 is 22.9 Å². The van der Waals surface area contributed by atoms with Gasteiger partial charge in [0.15, 0.2) is 0 Å². The number of rotatable bonds is 2. The third-order valence-electron chi connectivity index (χ3n) is 2.53. The van der Waals surface area contributed by atoms with E-state index in [1.165, 1.54) is 0 Å². The van der Waals surface area contributed by atoms with Crippen molar-refractivity contribution >= 4 is 22.7 Å². The first kappa shape index (κ1) is 11.1. The van der Waals surface area contributed by atoms with Crippen LogP contribution in [0.4, 0.5) is 22.7 Å². The maximum absolute atomic E-state index is 5.87. The first-order valence-corrected chi connectivity index (χ1v) is 5.21. The third kappa shape index (κ3) is 2.42. The smallest absolute Gasteiger partial charge is 0.0354 e. The van der Waals surface area contributed by atoms with Crippen molar-refractivity contribution in [1.29, 1.82) is 0 Å². The molecule has 8 N–H and O–H groups in total. The van der Waals surface area contributed by atoms with Crippen LogP contribution in [0.5, 0.6) is 0 Å². The molecule has 2 rings (SSSR count). The van der Waals surface area contributed by atoms with E-state index < -0.39 is 0 Å². The van der Waals surface area contributed by atoms with Crippen LogP contribution in [-0.2, 0) is 0 Å². The Morgan fingerprint density at radius 3 is 1.47 bits per heavy atom. The zero-order valence-electron chi connectivity index (χ0n) is 9.35. The summed E-state index contributed by atoms with van der Waals surface area (Å²) in [6.07, 6.45) is 1.87. The van der Waals surface area contributed by atoms with Crippen LogP contribution >= 0.6 is 0 Å². The van der Waals surface area contributed by atoms with Crippen molar-refractivity contribution < 1.29 is 0 Å². The molecule has 0 aliphatic rings. The van der Waals surface area contributed by atoms with Crippen LogP contribution in [0.25, 0.3) is 0 Å². The van der Waals surface area contributed by atoms with E-state index in [0.29, 0.717) is 22.7 Å². The van der Waals surface area contributed by atoms with Gasteiger partial charge in [-0.05, 0) is 47.5 Å². The number of nitrogen functional groups attached to an aromatic ring is 4. The van der Waals surface area contributed by atoms with Gasteiger partial charge in [0.2, 0.25) is 0 Å². The Labute approximate surface area is 100 Å². The molecule has 2 aromatic rings. The molecule has 0 saturated heterocycles. The highest BCUT2D eigenvalue weighted by Gasteiger charge is 2.05. The number of hydrogen-bond acceptors (Lipinski definition) is 4. The lowest BCUT2D eigenvalue weighted by Gasteiger charge is -2.09.